The molecule has 1 fully saturated rings. The van der Waals surface area contributed by atoms with Crippen LogP contribution in [0.2, 0.25) is 5.02 Å². The topological polar surface area (TPSA) is 55.2 Å². The van der Waals surface area contributed by atoms with Gasteiger partial charge in [0.1, 0.15) is 0 Å². The third-order valence-electron chi connectivity index (χ3n) is 3.48. The van der Waals surface area contributed by atoms with Gasteiger partial charge in [0.15, 0.2) is 0 Å². The Kier molecular flexibility index (Phi) is 7.09. The number of nitrogens with zero attached hydrogens (tertiary/aromatic N) is 1. The van der Waals surface area contributed by atoms with Crippen LogP contribution in [-0.4, -0.2) is 16.2 Å². The SMILES string of the molecule is Cl.O=[N+]([O-])c1ccc(CN[C@@H]2CCC[C@H](S)C2)c(Cl)c1. The fourth-order valence-corrected chi connectivity index (χ4v) is 3.08. The van der Waals surface area contributed by atoms with Gasteiger partial charge < -0.3 is 5.32 Å². The van der Waals surface area contributed by atoms with Crippen LogP contribution in [-0.2, 0) is 6.54 Å². The van der Waals surface area contributed by atoms with Gasteiger partial charge in [0.2, 0.25) is 0 Å². The third-order valence-corrected chi connectivity index (χ3v) is 4.30. The first-order valence-electron chi connectivity index (χ1n) is 6.40. The Labute approximate surface area is 135 Å². The highest BCUT2D eigenvalue weighted by atomic mass is 35.5. The molecule has 0 unspecified atom stereocenters. The normalized spacial score (nSPS) is 22.1. The molecule has 0 spiro atoms. The van der Waals surface area contributed by atoms with E-state index in [1.54, 1.807) is 6.07 Å². The monoisotopic (exact) mass is 336 g/mol. The van der Waals surface area contributed by atoms with Gasteiger partial charge in [-0.1, -0.05) is 18.0 Å². The minimum atomic E-state index is -0.435. The zero-order valence-electron chi connectivity index (χ0n) is 10.9. The van der Waals surface area contributed by atoms with E-state index in [1.807, 2.05) is 0 Å². The summed E-state index contributed by atoms with van der Waals surface area (Å²) in [4.78, 5) is 10.2. The fourth-order valence-electron chi connectivity index (χ4n) is 2.40. The molecule has 0 saturated heterocycles. The van der Waals surface area contributed by atoms with Crippen LogP contribution in [0.4, 0.5) is 5.69 Å². The van der Waals surface area contributed by atoms with Crippen LogP contribution < -0.4 is 5.32 Å². The van der Waals surface area contributed by atoms with E-state index in [-0.39, 0.29) is 18.1 Å². The van der Waals surface area contributed by atoms with Gasteiger partial charge in [-0.25, -0.2) is 0 Å². The molecule has 0 radical (unpaired) electrons. The van der Waals surface area contributed by atoms with Crippen LogP contribution in [0, 0.1) is 10.1 Å². The first-order valence-corrected chi connectivity index (χ1v) is 7.30. The number of non-ortho nitro benzene ring substituents is 1. The quantitative estimate of drug-likeness (QED) is 0.496. The Hall–Kier alpha value is -0.490. The van der Waals surface area contributed by atoms with Gasteiger partial charge in [-0.05, 0) is 30.9 Å². The molecule has 1 aromatic carbocycles. The van der Waals surface area contributed by atoms with Crippen molar-refractivity contribution in [1.82, 2.24) is 5.32 Å². The molecule has 1 aliphatic carbocycles. The van der Waals surface area contributed by atoms with Crippen molar-refractivity contribution < 1.29 is 4.92 Å². The summed E-state index contributed by atoms with van der Waals surface area (Å²) in [6.07, 6.45) is 4.59. The number of halogens is 2. The number of hydrogen-bond acceptors (Lipinski definition) is 4. The van der Waals surface area contributed by atoms with Gasteiger partial charge in [-0.2, -0.15) is 12.6 Å². The number of hydrogen-bond donors (Lipinski definition) is 2. The van der Waals surface area contributed by atoms with Gasteiger partial charge in [0.05, 0.1) is 9.95 Å². The molecule has 1 aromatic rings. The van der Waals surface area contributed by atoms with Gasteiger partial charge in [0.25, 0.3) is 5.69 Å². The Morgan fingerprint density at radius 3 is 2.80 bits per heavy atom. The molecule has 2 atom stereocenters. The predicted molar refractivity (Wildman–Crippen MR) is 87.2 cm³/mol. The average molecular weight is 337 g/mol. The highest BCUT2D eigenvalue weighted by Crippen LogP contribution is 2.25. The van der Waals surface area contributed by atoms with E-state index in [9.17, 15) is 10.1 Å². The van der Waals surface area contributed by atoms with Crippen molar-refractivity contribution in [2.24, 2.45) is 0 Å². The summed E-state index contributed by atoms with van der Waals surface area (Å²) in [5.41, 5.74) is 0.926. The van der Waals surface area contributed by atoms with Crippen LogP contribution in [0.15, 0.2) is 18.2 Å². The lowest BCUT2D eigenvalue weighted by molar-refractivity contribution is -0.384. The molecule has 0 heterocycles. The van der Waals surface area contributed by atoms with Crippen LogP contribution >= 0.6 is 36.6 Å². The predicted octanol–water partition coefficient (Wildman–Crippen LogP) is 4.00. The van der Waals surface area contributed by atoms with Gasteiger partial charge in [-0.3, -0.25) is 10.1 Å². The summed E-state index contributed by atoms with van der Waals surface area (Å²) in [7, 11) is 0. The van der Waals surface area contributed by atoms with Crippen molar-refractivity contribution in [3.8, 4) is 0 Å². The maximum absolute atomic E-state index is 10.6. The molecule has 0 aliphatic heterocycles. The Morgan fingerprint density at radius 1 is 1.45 bits per heavy atom. The summed E-state index contributed by atoms with van der Waals surface area (Å²) in [6.45, 7) is 0.641. The van der Waals surface area contributed by atoms with E-state index < -0.39 is 4.92 Å². The van der Waals surface area contributed by atoms with Crippen LogP contribution in [0.5, 0.6) is 0 Å². The summed E-state index contributed by atoms with van der Waals surface area (Å²) in [5, 5.41) is 15.0. The maximum atomic E-state index is 10.6. The van der Waals surface area contributed by atoms with Crippen molar-refractivity contribution in [3.05, 3.63) is 38.9 Å². The standard InChI is InChI=1S/C13H17ClN2O2S.ClH/c14-13-7-11(16(17)18)5-4-9(13)8-15-10-2-1-3-12(19)6-10;/h4-5,7,10,12,15,19H,1-3,6,8H2;1H/t10-,12+;/m1./s1. The molecule has 0 aromatic heterocycles. The molecular weight excluding hydrogens is 319 g/mol. The number of thiol groups is 1. The summed E-state index contributed by atoms with van der Waals surface area (Å²) in [5.74, 6) is 0. The lowest BCUT2D eigenvalue weighted by atomic mass is 9.95. The zero-order chi connectivity index (χ0) is 13.8. The van der Waals surface area contributed by atoms with Gasteiger partial charge in [0, 0.05) is 30.0 Å². The maximum Gasteiger partial charge on any atom is 0.270 e. The molecule has 7 heteroatoms. The minimum absolute atomic E-state index is 0. The van der Waals surface area contributed by atoms with Crippen LogP contribution in [0.3, 0.4) is 0 Å². The molecule has 20 heavy (non-hydrogen) atoms. The van der Waals surface area contributed by atoms with Crippen LogP contribution in [0.1, 0.15) is 31.2 Å². The smallest absolute Gasteiger partial charge is 0.270 e. The second-order valence-corrected chi connectivity index (χ2v) is 6.07. The number of nitrogens with one attached hydrogen (secondary N) is 1. The molecule has 2 rings (SSSR count). The van der Waals surface area contributed by atoms with Gasteiger partial charge in [-0.15, -0.1) is 12.4 Å². The van der Waals surface area contributed by atoms with Gasteiger partial charge >= 0.3 is 0 Å². The first kappa shape index (κ1) is 17.6. The van der Waals surface area contributed by atoms with Crippen LogP contribution in [0.25, 0.3) is 0 Å². The summed E-state index contributed by atoms with van der Waals surface area (Å²) in [6, 6.07) is 5.07. The summed E-state index contributed by atoms with van der Waals surface area (Å²) >= 11 is 10.6. The zero-order valence-corrected chi connectivity index (χ0v) is 13.4. The van der Waals surface area contributed by atoms with Crippen molar-refractivity contribution >= 4 is 42.3 Å². The molecule has 0 amide bonds. The Balaban J connectivity index is 0.00000200. The molecule has 0 bridgehead atoms. The molecule has 1 saturated carbocycles. The largest absolute Gasteiger partial charge is 0.310 e. The molecule has 112 valence electrons. The van der Waals surface area contributed by atoms with E-state index in [0.29, 0.717) is 22.9 Å². The Morgan fingerprint density at radius 2 is 2.20 bits per heavy atom. The third kappa shape index (κ3) is 4.81. The number of rotatable bonds is 4. The number of nitro groups is 1. The van der Waals surface area contributed by atoms with E-state index in [4.69, 9.17) is 11.6 Å². The molecule has 1 N–H and O–H groups in total. The molecular formula is C13H18Cl2N2O2S. The number of nitro benzene ring substituents is 1. The summed E-state index contributed by atoms with van der Waals surface area (Å²) < 4.78 is 0. The molecule has 1 aliphatic rings. The second-order valence-electron chi connectivity index (χ2n) is 4.93. The lowest BCUT2D eigenvalue weighted by Gasteiger charge is -2.27. The second kappa shape index (κ2) is 8.08. The van der Waals surface area contributed by atoms with E-state index in [1.165, 1.54) is 25.0 Å². The first-order chi connectivity index (χ1) is 9.06. The number of benzene rings is 1. The van der Waals surface area contributed by atoms with E-state index in [2.05, 4.69) is 17.9 Å². The van der Waals surface area contributed by atoms with Crippen molar-refractivity contribution in [1.29, 1.82) is 0 Å². The average Bonchev–Trinajstić information content (AvgIpc) is 2.37. The molecule has 4 nitrogen and oxygen atoms in total. The van der Waals surface area contributed by atoms with E-state index >= 15 is 0 Å². The highest BCUT2D eigenvalue weighted by Gasteiger charge is 2.19. The highest BCUT2D eigenvalue weighted by molar-refractivity contribution is 7.80. The fraction of sp³-hybridized carbons (Fsp3) is 0.538. The Bertz CT molecular complexity index is 474. The van der Waals surface area contributed by atoms with E-state index in [0.717, 1.165) is 18.4 Å². The lowest BCUT2D eigenvalue weighted by Crippen LogP contribution is -2.34. The minimum Gasteiger partial charge on any atom is -0.310 e. The van der Waals surface area contributed by atoms with Crippen molar-refractivity contribution in [3.63, 3.8) is 0 Å². The van der Waals surface area contributed by atoms with Crippen molar-refractivity contribution in [2.75, 3.05) is 0 Å². The van der Waals surface area contributed by atoms with Crippen molar-refractivity contribution in [2.45, 2.75) is 43.5 Å².